The van der Waals surface area contributed by atoms with Crippen molar-refractivity contribution in [1.82, 2.24) is 30.9 Å². The SMILES string of the molecule is CCC(C)C(NC(=O)C(CCSC)NC(=O)C(N)Cc1cnc[nH]1)C(=O)NC(Cc1c[nH]c2ccccc12)C(=O)O. The molecule has 0 aliphatic rings. The maximum absolute atomic E-state index is 13.4. The van der Waals surface area contributed by atoms with E-state index in [1.165, 1.54) is 18.1 Å². The number of aromatic nitrogens is 3. The number of carboxylic acids is 1. The molecule has 0 radical (unpaired) electrons. The van der Waals surface area contributed by atoms with Gasteiger partial charge < -0.3 is 36.8 Å². The van der Waals surface area contributed by atoms with Gasteiger partial charge >= 0.3 is 5.97 Å². The number of imidazole rings is 1. The van der Waals surface area contributed by atoms with E-state index in [1.54, 1.807) is 19.3 Å². The van der Waals surface area contributed by atoms with E-state index in [1.807, 2.05) is 37.4 Å². The number of hydrogen-bond donors (Lipinski definition) is 7. The van der Waals surface area contributed by atoms with Gasteiger partial charge in [0.25, 0.3) is 0 Å². The fraction of sp³-hybridized carbons (Fsp3) is 0.464. The third-order valence-corrected chi connectivity index (χ3v) is 7.73. The number of carboxylic acid groups (broad SMARTS) is 1. The molecule has 8 N–H and O–H groups in total. The van der Waals surface area contributed by atoms with Crippen LogP contribution in [-0.4, -0.2) is 79.9 Å². The molecule has 0 saturated carbocycles. The quantitative estimate of drug-likeness (QED) is 0.131. The molecule has 3 aromatic rings. The van der Waals surface area contributed by atoms with Gasteiger partial charge in [-0.3, -0.25) is 14.4 Å². The van der Waals surface area contributed by atoms with Crippen LogP contribution in [0.15, 0.2) is 43.0 Å². The van der Waals surface area contributed by atoms with Crippen LogP contribution in [-0.2, 0) is 32.0 Å². The Morgan fingerprint density at radius 1 is 1.02 bits per heavy atom. The van der Waals surface area contributed by atoms with Crippen LogP contribution in [0.3, 0.4) is 0 Å². The molecule has 12 nitrogen and oxygen atoms in total. The number of hydrogen-bond acceptors (Lipinski definition) is 7. The fourth-order valence-corrected chi connectivity index (χ4v) is 4.92. The van der Waals surface area contributed by atoms with E-state index in [4.69, 9.17) is 5.73 Å². The Hall–Kier alpha value is -3.84. The average Bonchev–Trinajstić information content (AvgIpc) is 3.62. The second-order valence-electron chi connectivity index (χ2n) is 10.1. The number of carbonyl (C=O) groups excluding carboxylic acids is 3. The molecule has 2 heterocycles. The van der Waals surface area contributed by atoms with Crippen LogP contribution in [0.4, 0.5) is 0 Å². The molecule has 0 aliphatic heterocycles. The molecule has 0 aliphatic carbocycles. The van der Waals surface area contributed by atoms with Gasteiger partial charge in [-0.15, -0.1) is 0 Å². The van der Waals surface area contributed by atoms with E-state index in [9.17, 15) is 24.3 Å². The molecule has 13 heteroatoms. The highest BCUT2D eigenvalue weighted by Crippen LogP contribution is 2.19. The Morgan fingerprint density at radius 3 is 2.41 bits per heavy atom. The van der Waals surface area contributed by atoms with E-state index in [0.717, 1.165) is 16.5 Å². The highest BCUT2D eigenvalue weighted by atomic mass is 32.2. The fourth-order valence-electron chi connectivity index (χ4n) is 4.45. The van der Waals surface area contributed by atoms with Crippen molar-refractivity contribution in [2.75, 3.05) is 12.0 Å². The Kier molecular flexibility index (Phi) is 11.8. The first-order valence-electron chi connectivity index (χ1n) is 13.5. The normalized spacial score (nSPS) is 14.9. The van der Waals surface area contributed by atoms with Gasteiger partial charge in [0.15, 0.2) is 0 Å². The number of para-hydroxylation sites is 1. The Morgan fingerprint density at radius 2 is 1.76 bits per heavy atom. The molecule has 5 atom stereocenters. The van der Waals surface area contributed by atoms with Gasteiger partial charge in [-0.25, -0.2) is 9.78 Å². The van der Waals surface area contributed by atoms with Crippen molar-refractivity contribution in [2.45, 2.75) is 63.7 Å². The summed E-state index contributed by atoms with van der Waals surface area (Å²) in [6, 6.07) is 3.45. The lowest BCUT2D eigenvalue weighted by Gasteiger charge is -2.28. The van der Waals surface area contributed by atoms with Gasteiger partial charge in [0, 0.05) is 41.8 Å². The summed E-state index contributed by atoms with van der Waals surface area (Å²) in [4.78, 5) is 61.7. The van der Waals surface area contributed by atoms with Crippen molar-refractivity contribution in [2.24, 2.45) is 11.7 Å². The smallest absolute Gasteiger partial charge is 0.326 e. The molecule has 2 aromatic heterocycles. The van der Waals surface area contributed by atoms with E-state index in [-0.39, 0.29) is 18.8 Å². The number of nitrogens with one attached hydrogen (secondary N) is 5. The van der Waals surface area contributed by atoms with Gasteiger partial charge in [-0.05, 0) is 36.0 Å². The first-order chi connectivity index (χ1) is 19.6. The summed E-state index contributed by atoms with van der Waals surface area (Å²) < 4.78 is 0. The number of benzene rings is 1. The van der Waals surface area contributed by atoms with Crippen LogP contribution in [0, 0.1) is 5.92 Å². The zero-order valence-corrected chi connectivity index (χ0v) is 24.3. The van der Waals surface area contributed by atoms with Gasteiger partial charge in [0.2, 0.25) is 17.7 Å². The minimum Gasteiger partial charge on any atom is -0.480 e. The molecule has 0 bridgehead atoms. The zero-order valence-electron chi connectivity index (χ0n) is 23.5. The second kappa shape index (κ2) is 15.2. The van der Waals surface area contributed by atoms with Gasteiger partial charge in [-0.1, -0.05) is 38.5 Å². The summed E-state index contributed by atoms with van der Waals surface area (Å²) in [7, 11) is 0. The molecule has 222 valence electrons. The molecular weight excluding hydrogens is 546 g/mol. The second-order valence-corrected chi connectivity index (χ2v) is 11.1. The van der Waals surface area contributed by atoms with E-state index in [2.05, 4.69) is 30.9 Å². The van der Waals surface area contributed by atoms with Crippen LogP contribution in [0.25, 0.3) is 10.9 Å². The summed E-state index contributed by atoms with van der Waals surface area (Å²) in [5, 5.41) is 18.9. The maximum Gasteiger partial charge on any atom is 0.326 e. The predicted molar refractivity (Wildman–Crippen MR) is 158 cm³/mol. The number of aromatic amines is 2. The number of amides is 3. The maximum atomic E-state index is 13.4. The first-order valence-corrected chi connectivity index (χ1v) is 14.9. The number of fused-ring (bicyclic) bond motifs is 1. The number of rotatable bonds is 16. The number of thioether (sulfide) groups is 1. The largest absolute Gasteiger partial charge is 0.480 e. The summed E-state index contributed by atoms with van der Waals surface area (Å²) in [6.07, 6.45) is 7.83. The monoisotopic (exact) mass is 585 g/mol. The lowest BCUT2D eigenvalue weighted by Crippen LogP contribution is -2.59. The highest BCUT2D eigenvalue weighted by Gasteiger charge is 2.33. The first kappa shape index (κ1) is 31.7. The zero-order chi connectivity index (χ0) is 29.9. The highest BCUT2D eigenvalue weighted by molar-refractivity contribution is 7.98. The summed E-state index contributed by atoms with van der Waals surface area (Å²) in [5.41, 5.74) is 8.37. The van der Waals surface area contributed by atoms with E-state index >= 15 is 0 Å². The lowest BCUT2D eigenvalue weighted by molar-refractivity contribution is -0.142. The summed E-state index contributed by atoms with van der Waals surface area (Å²) in [5.74, 6) is -2.55. The van der Waals surface area contributed by atoms with Crippen molar-refractivity contribution in [3.8, 4) is 0 Å². The standard InChI is InChI=1S/C28H39N7O5S/c1-4-16(2)24(27(38)34-23(28(39)40)11-17-13-31-21-8-6-5-7-19(17)21)35-26(37)22(9-10-41-3)33-25(36)20(29)12-18-14-30-15-32-18/h5-8,13-16,20,22-24,31H,4,9-12,29H2,1-3H3,(H,30,32)(H,33,36)(H,34,38)(H,35,37)(H,39,40). The third kappa shape index (κ3) is 8.82. The van der Waals surface area contributed by atoms with Crippen molar-refractivity contribution in [1.29, 1.82) is 0 Å². The van der Waals surface area contributed by atoms with Gasteiger partial charge in [-0.2, -0.15) is 11.8 Å². The van der Waals surface area contributed by atoms with Crippen LogP contribution in [0.2, 0.25) is 0 Å². The molecule has 41 heavy (non-hydrogen) atoms. The minimum atomic E-state index is -1.21. The van der Waals surface area contributed by atoms with Crippen molar-refractivity contribution < 1.29 is 24.3 Å². The van der Waals surface area contributed by atoms with E-state index in [0.29, 0.717) is 24.3 Å². The number of nitrogens with two attached hydrogens (primary N) is 1. The number of aliphatic carboxylic acids is 1. The number of nitrogens with zero attached hydrogens (tertiary/aromatic N) is 1. The average molecular weight is 586 g/mol. The molecule has 0 spiro atoms. The molecule has 1 aromatic carbocycles. The summed E-state index contributed by atoms with van der Waals surface area (Å²) >= 11 is 1.51. The van der Waals surface area contributed by atoms with Gasteiger partial charge in [0.05, 0.1) is 12.4 Å². The molecular formula is C28H39N7O5S. The van der Waals surface area contributed by atoms with Gasteiger partial charge in [0.1, 0.15) is 18.1 Å². The molecule has 0 fully saturated rings. The molecule has 0 saturated heterocycles. The predicted octanol–water partition coefficient (Wildman–Crippen LogP) is 1.34. The molecule has 3 amide bonds. The molecule has 5 unspecified atom stereocenters. The topological polar surface area (TPSA) is 195 Å². The van der Waals surface area contributed by atoms with Crippen molar-refractivity contribution in [3.05, 3.63) is 54.2 Å². The van der Waals surface area contributed by atoms with Crippen molar-refractivity contribution >= 4 is 46.4 Å². The number of H-pyrrole nitrogens is 2. The molecule has 3 rings (SSSR count). The van der Waals surface area contributed by atoms with E-state index < -0.39 is 47.9 Å². The number of carbonyl (C=O) groups is 4. The Balaban J connectivity index is 1.71. The van der Waals surface area contributed by atoms with Crippen molar-refractivity contribution in [3.63, 3.8) is 0 Å². The Labute approximate surface area is 243 Å². The Bertz CT molecular complexity index is 1310. The lowest BCUT2D eigenvalue weighted by atomic mass is 9.96. The van der Waals surface area contributed by atoms with Crippen LogP contribution >= 0.6 is 11.8 Å². The van der Waals surface area contributed by atoms with Crippen LogP contribution < -0.4 is 21.7 Å². The summed E-state index contributed by atoms with van der Waals surface area (Å²) in [6.45, 7) is 3.68. The minimum absolute atomic E-state index is 0.0624. The van der Waals surface area contributed by atoms with Crippen LogP contribution in [0.5, 0.6) is 0 Å². The third-order valence-electron chi connectivity index (χ3n) is 7.08. The van der Waals surface area contributed by atoms with Crippen LogP contribution in [0.1, 0.15) is 37.9 Å².